The lowest BCUT2D eigenvalue weighted by Crippen LogP contribution is -1.92. The Morgan fingerprint density at radius 3 is 2.22 bits per heavy atom. The Morgan fingerprint density at radius 1 is 0.833 bits per heavy atom. The SMILES string of the molecule is CCc1[c]c2cc3ccccc3cc2cc1CC. The summed E-state index contributed by atoms with van der Waals surface area (Å²) in [6.07, 6.45) is 2.15. The summed E-state index contributed by atoms with van der Waals surface area (Å²) < 4.78 is 0. The van der Waals surface area contributed by atoms with E-state index < -0.39 is 0 Å². The molecular formula is C18H17. The van der Waals surface area contributed by atoms with Crippen LogP contribution in [0.15, 0.2) is 42.5 Å². The van der Waals surface area contributed by atoms with Crippen molar-refractivity contribution in [1.82, 2.24) is 0 Å². The molecule has 0 heterocycles. The van der Waals surface area contributed by atoms with Gasteiger partial charge in [-0.1, -0.05) is 44.2 Å². The molecule has 0 aliphatic heterocycles. The Labute approximate surface area is 108 Å². The van der Waals surface area contributed by atoms with Crippen molar-refractivity contribution < 1.29 is 0 Å². The predicted molar refractivity (Wildman–Crippen MR) is 79.0 cm³/mol. The van der Waals surface area contributed by atoms with Crippen LogP contribution in [0.5, 0.6) is 0 Å². The fraction of sp³-hybridized carbons (Fsp3) is 0.222. The van der Waals surface area contributed by atoms with Crippen LogP contribution in [0.1, 0.15) is 25.0 Å². The van der Waals surface area contributed by atoms with E-state index in [9.17, 15) is 0 Å². The number of benzene rings is 3. The number of rotatable bonds is 2. The molecule has 0 spiro atoms. The van der Waals surface area contributed by atoms with Crippen LogP contribution in [0.2, 0.25) is 0 Å². The minimum Gasteiger partial charge on any atom is -0.0616 e. The average molecular weight is 233 g/mol. The highest BCUT2D eigenvalue weighted by molar-refractivity contribution is 5.98. The Balaban J connectivity index is 2.36. The van der Waals surface area contributed by atoms with Crippen molar-refractivity contribution in [1.29, 1.82) is 0 Å². The Hall–Kier alpha value is -1.82. The van der Waals surface area contributed by atoms with Gasteiger partial charge in [-0.05, 0) is 63.7 Å². The molecular weight excluding hydrogens is 216 g/mol. The summed E-state index contributed by atoms with van der Waals surface area (Å²) in [6, 6.07) is 19.0. The quantitative estimate of drug-likeness (QED) is 0.551. The van der Waals surface area contributed by atoms with Gasteiger partial charge in [-0.15, -0.1) is 0 Å². The summed E-state index contributed by atoms with van der Waals surface area (Å²) in [7, 11) is 0. The number of fused-ring (bicyclic) bond motifs is 2. The van der Waals surface area contributed by atoms with E-state index in [0.29, 0.717) is 0 Å². The lowest BCUT2D eigenvalue weighted by molar-refractivity contribution is 1.04. The van der Waals surface area contributed by atoms with Gasteiger partial charge in [0.15, 0.2) is 0 Å². The number of aryl methyl sites for hydroxylation is 2. The van der Waals surface area contributed by atoms with Gasteiger partial charge in [0.05, 0.1) is 0 Å². The van der Waals surface area contributed by atoms with Crippen LogP contribution in [0, 0.1) is 6.07 Å². The molecule has 0 nitrogen and oxygen atoms in total. The highest BCUT2D eigenvalue weighted by atomic mass is 14.1. The van der Waals surface area contributed by atoms with Gasteiger partial charge in [0.1, 0.15) is 0 Å². The van der Waals surface area contributed by atoms with Crippen LogP contribution in [0.25, 0.3) is 21.5 Å². The van der Waals surface area contributed by atoms with Crippen molar-refractivity contribution in [2.24, 2.45) is 0 Å². The first-order valence-corrected chi connectivity index (χ1v) is 6.68. The van der Waals surface area contributed by atoms with Gasteiger partial charge in [-0.2, -0.15) is 0 Å². The van der Waals surface area contributed by atoms with E-state index >= 15 is 0 Å². The highest BCUT2D eigenvalue weighted by Crippen LogP contribution is 2.25. The van der Waals surface area contributed by atoms with Crippen molar-refractivity contribution in [3.8, 4) is 0 Å². The summed E-state index contributed by atoms with van der Waals surface area (Å²) in [4.78, 5) is 0. The monoisotopic (exact) mass is 233 g/mol. The molecule has 3 aromatic carbocycles. The van der Waals surface area contributed by atoms with E-state index in [1.807, 2.05) is 0 Å². The Kier molecular flexibility index (Phi) is 2.79. The summed E-state index contributed by atoms with van der Waals surface area (Å²) in [5, 5.41) is 5.16. The van der Waals surface area contributed by atoms with E-state index in [2.05, 4.69) is 62.4 Å². The molecule has 0 amide bonds. The third-order valence-corrected chi connectivity index (χ3v) is 3.66. The third-order valence-electron chi connectivity index (χ3n) is 3.66. The molecule has 0 aliphatic carbocycles. The molecule has 3 rings (SSSR count). The second kappa shape index (κ2) is 4.45. The standard InChI is InChI=1S/C18H17/c1-3-13-9-17-11-15-7-5-6-8-16(15)12-18(17)10-14(13)4-2/h5-9,11-12H,3-4H2,1-2H3. The van der Waals surface area contributed by atoms with Crippen LogP contribution in [-0.2, 0) is 12.8 Å². The average Bonchev–Trinajstić information content (AvgIpc) is 2.43. The first-order chi connectivity index (χ1) is 8.81. The normalized spacial score (nSPS) is 11.2. The molecule has 3 aromatic rings. The molecule has 0 saturated heterocycles. The van der Waals surface area contributed by atoms with Gasteiger partial charge in [0, 0.05) is 0 Å². The summed E-state index contributed by atoms with van der Waals surface area (Å²) >= 11 is 0. The Bertz CT molecular complexity index is 646. The highest BCUT2D eigenvalue weighted by Gasteiger charge is 2.04. The lowest BCUT2D eigenvalue weighted by Gasteiger charge is -2.09. The van der Waals surface area contributed by atoms with Crippen LogP contribution >= 0.6 is 0 Å². The molecule has 0 heteroatoms. The number of hydrogen-bond acceptors (Lipinski definition) is 0. The molecule has 1 radical (unpaired) electrons. The van der Waals surface area contributed by atoms with Gasteiger partial charge in [0.2, 0.25) is 0 Å². The van der Waals surface area contributed by atoms with Crippen molar-refractivity contribution >= 4 is 21.5 Å². The van der Waals surface area contributed by atoms with Crippen LogP contribution in [0.4, 0.5) is 0 Å². The van der Waals surface area contributed by atoms with Crippen molar-refractivity contribution in [2.75, 3.05) is 0 Å². The maximum atomic E-state index is 3.59. The molecule has 0 unspecified atom stereocenters. The van der Waals surface area contributed by atoms with Crippen LogP contribution < -0.4 is 0 Å². The van der Waals surface area contributed by atoms with Gasteiger partial charge in [0.25, 0.3) is 0 Å². The van der Waals surface area contributed by atoms with Crippen molar-refractivity contribution in [2.45, 2.75) is 26.7 Å². The molecule has 0 N–H and O–H groups in total. The molecule has 0 fully saturated rings. The smallest absolute Gasteiger partial charge is 0.00613 e. The van der Waals surface area contributed by atoms with Crippen molar-refractivity contribution in [3.63, 3.8) is 0 Å². The van der Waals surface area contributed by atoms with Crippen LogP contribution in [0.3, 0.4) is 0 Å². The zero-order valence-electron chi connectivity index (χ0n) is 11.0. The minimum atomic E-state index is 1.06. The van der Waals surface area contributed by atoms with E-state index in [1.54, 1.807) is 0 Å². The molecule has 18 heavy (non-hydrogen) atoms. The largest absolute Gasteiger partial charge is 0.0616 e. The maximum absolute atomic E-state index is 3.59. The second-order valence-electron chi connectivity index (χ2n) is 4.77. The molecule has 0 saturated carbocycles. The topological polar surface area (TPSA) is 0 Å². The fourth-order valence-electron chi connectivity index (χ4n) is 2.63. The zero-order chi connectivity index (χ0) is 12.5. The summed E-state index contributed by atoms with van der Waals surface area (Å²) in [5.74, 6) is 0. The Morgan fingerprint density at radius 2 is 1.56 bits per heavy atom. The molecule has 89 valence electrons. The molecule has 0 bridgehead atoms. The predicted octanol–water partition coefficient (Wildman–Crippen LogP) is 4.92. The zero-order valence-corrected chi connectivity index (χ0v) is 11.0. The van der Waals surface area contributed by atoms with Gasteiger partial charge < -0.3 is 0 Å². The fourth-order valence-corrected chi connectivity index (χ4v) is 2.63. The van der Waals surface area contributed by atoms with E-state index in [-0.39, 0.29) is 0 Å². The van der Waals surface area contributed by atoms with E-state index in [0.717, 1.165) is 12.8 Å². The van der Waals surface area contributed by atoms with Gasteiger partial charge >= 0.3 is 0 Å². The number of hydrogen-bond donors (Lipinski definition) is 0. The van der Waals surface area contributed by atoms with E-state index in [1.165, 1.54) is 32.7 Å². The summed E-state index contributed by atoms with van der Waals surface area (Å²) in [6.45, 7) is 4.42. The van der Waals surface area contributed by atoms with Crippen molar-refractivity contribution in [3.05, 3.63) is 59.7 Å². The first kappa shape index (κ1) is 11.3. The maximum Gasteiger partial charge on any atom is -0.00613 e. The lowest BCUT2D eigenvalue weighted by atomic mass is 9.95. The van der Waals surface area contributed by atoms with E-state index in [4.69, 9.17) is 0 Å². The van der Waals surface area contributed by atoms with Crippen LogP contribution in [-0.4, -0.2) is 0 Å². The molecule has 0 atom stereocenters. The molecule has 0 aromatic heterocycles. The minimum absolute atomic E-state index is 1.06. The molecule has 0 aliphatic rings. The van der Waals surface area contributed by atoms with Gasteiger partial charge in [-0.25, -0.2) is 0 Å². The van der Waals surface area contributed by atoms with Gasteiger partial charge in [-0.3, -0.25) is 0 Å². The second-order valence-corrected chi connectivity index (χ2v) is 4.77. The summed E-state index contributed by atoms with van der Waals surface area (Å²) in [5.41, 5.74) is 2.79. The third kappa shape index (κ3) is 1.78. The first-order valence-electron chi connectivity index (χ1n) is 6.68.